The lowest BCUT2D eigenvalue weighted by Gasteiger charge is -2.34. The highest BCUT2D eigenvalue weighted by atomic mass is 16.5. The molecule has 0 spiro atoms. The normalized spacial score (nSPS) is 42.0. The van der Waals surface area contributed by atoms with Crippen LogP contribution in [0.1, 0.15) is 0 Å². The van der Waals surface area contributed by atoms with E-state index in [1.54, 1.807) is 7.11 Å². The van der Waals surface area contributed by atoms with Crippen LogP contribution in [0.15, 0.2) is 36.5 Å². The van der Waals surface area contributed by atoms with Crippen LogP contribution in [0, 0.1) is 11.8 Å². The van der Waals surface area contributed by atoms with E-state index in [1.165, 1.54) is 0 Å². The van der Waals surface area contributed by atoms with E-state index in [-0.39, 0.29) is 12.0 Å². The fourth-order valence-electron chi connectivity index (χ4n) is 1.96. The lowest BCUT2D eigenvalue weighted by atomic mass is 9.78. The first-order chi connectivity index (χ1) is 6.33. The van der Waals surface area contributed by atoms with Crippen molar-refractivity contribution in [2.24, 2.45) is 11.8 Å². The maximum atomic E-state index is 9.90. The summed E-state index contributed by atoms with van der Waals surface area (Å²) in [4.78, 5) is 0. The SMILES string of the molecule is COC1C=CC2C=CC=CC2C1O. The lowest BCUT2D eigenvalue weighted by molar-refractivity contribution is -0.0173. The predicted octanol–water partition coefficient (Wildman–Crippen LogP) is 1.29. The molecule has 70 valence electrons. The van der Waals surface area contributed by atoms with Gasteiger partial charge in [-0.3, -0.25) is 0 Å². The third-order valence-electron chi connectivity index (χ3n) is 2.75. The number of aliphatic hydroxyl groups is 1. The Balaban J connectivity index is 2.22. The second-order valence-electron chi connectivity index (χ2n) is 3.50. The van der Waals surface area contributed by atoms with E-state index in [0.29, 0.717) is 5.92 Å². The smallest absolute Gasteiger partial charge is 0.102 e. The molecule has 0 bridgehead atoms. The van der Waals surface area contributed by atoms with Crippen molar-refractivity contribution >= 4 is 0 Å². The number of hydrogen-bond acceptors (Lipinski definition) is 2. The zero-order valence-corrected chi connectivity index (χ0v) is 7.63. The summed E-state index contributed by atoms with van der Waals surface area (Å²) < 4.78 is 5.16. The van der Waals surface area contributed by atoms with Crippen molar-refractivity contribution < 1.29 is 9.84 Å². The van der Waals surface area contributed by atoms with Crippen LogP contribution in [0.25, 0.3) is 0 Å². The molecule has 2 rings (SSSR count). The van der Waals surface area contributed by atoms with Gasteiger partial charge in [-0.15, -0.1) is 0 Å². The molecule has 1 N–H and O–H groups in total. The van der Waals surface area contributed by atoms with Gasteiger partial charge in [-0.2, -0.15) is 0 Å². The number of methoxy groups -OCH3 is 1. The van der Waals surface area contributed by atoms with Crippen molar-refractivity contribution in [1.29, 1.82) is 0 Å². The molecule has 0 aromatic heterocycles. The third-order valence-corrected chi connectivity index (χ3v) is 2.75. The van der Waals surface area contributed by atoms with Gasteiger partial charge in [0, 0.05) is 18.9 Å². The Bertz CT molecular complexity index is 265. The molecule has 2 nitrogen and oxygen atoms in total. The summed E-state index contributed by atoms with van der Waals surface area (Å²) in [6.07, 6.45) is 11.6. The van der Waals surface area contributed by atoms with E-state index in [1.807, 2.05) is 24.3 Å². The van der Waals surface area contributed by atoms with E-state index in [9.17, 15) is 5.11 Å². The number of fused-ring (bicyclic) bond motifs is 1. The first-order valence-corrected chi connectivity index (χ1v) is 4.57. The highest BCUT2D eigenvalue weighted by Gasteiger charge is 2.32. The number of aliphatic hydroxyl groups excluding tert-OH is 1. The van der Waals surface area contributed by atoms with Gasteiger partial charge in [0.1, 0.15) is 6.10 Å². The molecular weight excluding hydrogens is 164 g/mol. The Morgan fingerprint density at radius 3 is 2.62 bits per heavy atom. The van der Waals surface area contributed by atoms with Crippen molar-refractivity contribution in [2.75, 3.05) is 7.11 Å². The number of rotatable bonds is 1. The largest absolute Gasteiger partial charge is 0.389 e. The Morgan fingerprint density at radius 2 is 1.85 bits per heavy atom. The predicted molar refractivity (Wildman–Crippen MR) is 51.2 cm³/mol. The van der Waals surface area contributed by atoms with Crippen molar-refractivity contribution in [2.45, 2.75) is 12.2 Å². The maximum Gasteiger partial charge on any atom is 0.102 e. The van der Waals surface area contributed by atoms with Crippen LogP contribution in [0.4, 0.5) is 0 Å². The molecule has 13 heavy (non-hydrogen) atoms. The first kappa shape index (κ1) is 8.73. The van der Waals surface area contributed by atoms with E-state index in [2.05, 4.69) is 12.2 Å². The lowest BCUT2D eigenvalue weighted by Crippen LogP contribution is -2.39. The van der Waals surface area contributed by atoms with Gasteiger partial charge in [0.2, 0.25) is 0 Å². The third kappa shape index (κ3) is 1.47. The van der Waals surface area contributed by atoms with Crippen molar-refractivity contribution in [3.05, 3.63) is 36.5 Å². The number of ether oxygens (including phenoxy) is 1. The highest BCUT2D eigenvalue weighted by molar-refractivity contribution is 5.24. The Morgan fingerprint density at radius 1 is 1.08 bits per heavy atom. The molecule has 0 aromatic carbocycles. The Labute approximate surface area is 78.2 Å². The van der Waals surface area contributed by atoms with E-state index >= 15 is 0 Å². The second kappa shape index (κ2) is 3.48. The first-order valence-electron chi connectivity index (χ1n) is 4.57. The summed E-state index contributed by atoms with van der Waals surface area (Å²) in [5.41, 5.74) is 0. The van der Waals surface area contributed by atoms with Gasteiger partial charge in [0.15, 0.2) is 0 Å². The number of allylic oxidation sites excluding steroid dienone is 4. The van der Waals surface area contributed by atoms with Crippen LogP contribution in [0.2, 0.25) is 0 Å². The topological polar surface area (TPSA) is 29.5 Å². The van der Waals surface area contributed by atoms with Gasteiger partial charge < -0.3 is 9.84 Å². The van der Waals surface area contributed by atoms with Gasteiger partial charge in [-0.05, 0) is 0 Å². The standard InChI is InChI=1S/C11H14O2/c1-13-10-7-6-8-4-2-3-5-9(8)11(10)12/h2-12H,1H3. The quantitative estimate of drug-likeness (QED) is 0.613. The highest BCUT2D eigenvalue weighted by Crippen LogP contribution is 2.30. The maximum absolute atomic E-state index is 9.90. The van der Waals surface area contributed by atoms with Crippen LogP contribution < -0.4 is 0 Å². The molecule has 0 radical (unpaired) electrons. The number of hydrogen-bond donors (Lipinski definition) is 1. The molecule has 0 fully saturated rings. The molecule has 2 aliphatic carbocycles. The van der Waals surface area contributed by atoms with E-state index < -0.39 is 6.10 Å². The van der Waals surface area contributed by atoms with E-state index in [4.69, 9.17) is 4.74 Å². The van der Waals surface area contributed by atoms with Gasteiger partial charge in [0.05, 0.1) is 6.10 Å². The Hall–Kier alpha value is -0.860. The molecule has 0 aliphatic heterocycles. The fraction of sp³-hybridized carbons (Fsp3) is 0.455. The average molecular weight is 178 g/mol. The van der Waals surface area contributed by atoms with Crippen LogP contribution >= 0.6 is 0 Å². The van der Waals surface area contributed by atoms with Crippen LogP contribution in [0.5, 0.6) is 0 Å². The minimum Gasteiger partial charge on any atom is -0.389 e. The zero-order valence-electron chi connectivity index (χ0n) is 7.63. The summed E-state index contributed by atoms with van der Waals surface area (Å²) in [6, 6.07) is 0. The molecule has 0 aromatic rings. The van der Waals surface area contributed by atoms with E-state index in [0.717, 1.165) is 0 Å². The van der Waals surface area contributed by atoms with Crippen molar-refractivity contribution in [3.8, 4) is 0 Å². The molecule has 2 aliphatic rings. The van der Waals surface area contributed by atoms with Crippen molar-refractivity contribution in [1.82, 2.24) is 0 Å². The molecule has 0 saturated heterocycles. The molecule has 0 saturated carbocycles. The van der Waals surface area contributed by atoms with Gasteiger partial charge >= 0.3 is 0 Å². The molecule has 2 heteroatoms. The molecule has 0 heterocycles. The Kier molecular flexibility index (Phi) is 2.34. The monoisotopic (exact) mass is 178 g/mol. The average Bonchev–Trinajstić information content (AvgIpc) is 2.19. The summed E-state index contributed by atoms with van der Waals surface area (Å²) >= 11 is 0. The van der Waals surface area contributed by atoms with Gasteiger partial charge in [-0.25, -0.2) is 0 Å². The molecular formula is C11H14O2. The van der Waals surface area contributed by atoms with Crippen LogP contribution in [-0.2, 0) is 4.74 Å². The molecule has 0 amide bonds. The fourth-order valence-corrected chi connectivity index (χ4v) is 1.96. The van der Waals surface area contributed by atoms with Gasteiger partial charge in [-0.1, -0.05) is 36.5 Å². The summed E-state index contributed by atoms with van der Waals surface area (Å²) in [6.45, 7) is 0. The molecule has 4 unspecified atom stereocenters. The second-order valence-corrected chi connectivity index (χ2v) is 3.50. The summed E-state index contributed by atoms with van der Waals surface area (Å²) in [7, 11) is 1.63. The minimum atomic E-state index is -0.416. The van der Waals surface area contributed by atoms with Gasteiger partial charge in [0.25, 0.3) is 0 Å². The zero-order chi connectivity index (χ0) is 9.26. The summed E-state index contributed by atoms with van der Waals surface area (Å²) in [5, 5.41) is 9.90. The van der Waals surface area contributed by atoms with Crippen LogP contribution in [0.3, 0.4) is 0 Å². The van der Waals surface area contributed by atoms with Crippen molar-refractivity contribution in [3.63, 3.8) is 0 Å². The molecule has 4 atom stereocenters. The summed E-state index contributed by atoms with van der Waals surface area (Å²) in [5.74, 6) is 0.520. The minimum absolute atomic E-state index is 0.155. The van der Waals surface area contributed by atoms with Crippen LogP contribution in [-0.4, -0.2) is 24.4 Å².